The zero-order valence-corrected chi connectivity index (χ0v) is 14.0. The van der Waals surface area contributed by atoms with Crippen LogP contribution in [0.1, 0.15) is 16.8 Å². The van der Waals surface area contributed by atoms with Crippen molar-refractivity contribution in [1.29, 1.82) is 0 Å². The van der Waals surface area contributed by atoms with E-state index in [0.29, 0.717) is 16.6 Å². The van der Waals surface area contributed by atoms with Gasteiger partial charge < -0.3 is 14.5 Å². The lowest BCUT2D eigenvalue weighted by molar-refractivity contribution is -0.283. The number of benzene rings is 1. The van der Waals surface area contributed by atoms with Crippen molar-refractivity contribution in [3.8, 4) is 0 Å². The van der Waals surface area contributed by atoms with Crippen LogP contribution in [0.2, 0.25) is 0 Å². The standard InChI is InChI=1S/C17H14F5N3O2/c1-27-15(26)10-4-5-12-11(9-10)24-14(13-3-2-8-25(12)13)23-7-6-16(18,19)17(20,21)22/h2-5,8-9H,6-7H2,1H3,(H,23,24). The minimum Gasteiger partial charge on any atom is -0.465 e. The SMILES string of the molecule is COC(=O)c1ccc2c(c1)nc(NCCC(F)(F)C(F)(F)F)c1cccn12. The zero-order chi connectivity index (χ0) is 19.8. The van der Waals surface area contributed by atoms with Gasteiger partial charge in [0, 0.05) is 19.2 Å². The van der Waals surface area contributed by atoms with Gasteiger partial charge in [-0.05, 0) is 30.3 Å². The first kappa shape index (κ1) is 18.9. The number of alkyl halides is 5. The van der Waals surface area contributed by atoms with E-state index < -0.39 is 31.0 Å². The number of rotatable bonds is 5. The Balaban J connectivity index is 1.94. The molecule has 0 aliphatic heterocycles. The number of aromatic nitrogens is 2. The number of nitrogens with zero attached hydrogens (tertiary/aromatic N) is 2. The molecule has 0 saturated heterocycles. The van der Waals surface area contributed by atoms with Gasteiger partial charge in [-0.15, -0.1) is 0 Å². The average Bonchev–Trinajstić information content (AvgIpc) is 3.09. The molecule has 0 spiro atoms. The molecule has 0 fully saturated rings. The molecule has 0 atom stereocenters. The molecule has 1 N–H and O–H groups in total. The van der Waals surface area contributed by atoms with Crippen molar-refractivity contribution in [3.63, 3.8) is 0 Å². The third-order valence-electron chi connectivity index (χ3n) is 4.03. The molecule has 0 saturated carbocycles. The van der Waals surface area contributed by atoms with Gasteiger partial charge >= 0.3 is 18.1 Å². The lowest BCUT2D eigenvalue weighted by Gasteiger charge is -2.20. The molecule has 5 nitrogen and oxygen atoms in total. The number of hydrogen-bond donors (Lipinski definition) is 1. The second-order valence-electron chi connectivity index (χ2n) is 5.80. The van der Waals surface area contributed by atoms with E-state index in [9.17, 15) is 26.7 Å². The van der Waals surface area contributed by atoms with Gasteiger partial charge in [0.25, 0.3) is 0 Å². The number of nitrogens with one attached hydrogen (secondary N) is 1. The number of fused-ring (bicyclic) bond motifs is 3. The monoisotopic (exact) mass is 387 g/mol. The normalized spacial score (nSPS) is 12.5. The summed E-state index contributed by atoms with van der Waals surface area (Å²) in [5, 5.41) is 2.53. The van der Waals surface area contributed by atoms with Crippen LogP contribution in [0, 0.1) is 0 Å². The number of carbonyl (C=O) groups is 1. The summed E-state index contributed by atoms with van der Waals surface area (Å²) in [5.74, 6) is -5.24. The molecule has 10 heteroatoms. The maximum absolute atomic E-state index is 13.1. The number of halogens is 5. The molecule has 0 amide bonds. The van der Waals surface area contributed by atoms with Crippen molar-refractivity contribution in [2.24, 2.45) is 0 Å². The van der Waals surface area contributed by atoms with E-state index in [1.807, 2.05) is 0 Å². The first-order valence-corrected chi connectivity index (χ1v) is 7.81. The average molecular weight is 387 g/mol. The second-order valence-corrected chi connectivity index (χ2v) is 5.80. The van der Waals surface area contributed by atoms with E-state index in [4.69, 9.17) is 0 Å². The fourth-order valence-corrected chi connectivity index (χ4v) is 2.63. The molecule has 2 heterocycles. The van der Waals surface area contributed by atoms with Gasteiger partial charge in [0.1, 0.15) is 0 Å². The van der Waals surface area contributed by atoms with Crippen LogP contribution in [0.4, 0.5) is 27.8 Å². The van der Waals surface area contributed by atoms with Gasteiger partial charge in [-0.25, -0.2) is 9.78 Å². The molecule has 0 aliphatic carbocycles. The predicted molar refractivity (Wildman–Crippen MR) is 88.1 cm³/mol. The summed E-state index contributed by atoms with van der Waals surface area (Å²) in [5.41, 5.74) is 1.72. The van der Waals surface area contributed by atoms with Crippen molar-refractivity contribution >= 4 is 28.3 Å². The molecule has 3 aromatic rings. The minimum atomic E-state index is -5.61. The fourth-order valence-electron chi connectivity index (χ4n) is 2.63. The molecular weight excluding hydrogens is 373 g/mol. The predicted octanol–water partition coefficient (Wildman–Crippen LogP) is 4.27. The summed E-state index contributed by atoms with van der Waals surface area (Å²) in [6.45, 7) is -0.636. The van der Waals surface area contributed by atoms with Gasteiger partial charge in [0.2, 0.25) is 0 Å². The Kier molecular flexibility index (Phi) is 4.66. The highest BCUT2D eigenvalue weighted by atomic mass is 19.4. The zero-order valence-electron chi connectivity index (χ0n) is 14.0. The van der Waals surface area contributed by atoms with E-state index in [1.54, 1.807) is 34.9 Å². The van der Waals surface area contributed by atoms with Crippen LogP contribution in [0.25, 0.3) is 16.6 Å². The summed E-state index contributed by atoms with van der Waals surface area (Å²) < 4.78 is 69.3. The van der Waals surface area contributed by atoms with Gasteiger partial charge in [0.05, 0.1) is 29.2 Å². The van der Waals surface area contributed by atoms with Crippen LogP contribution < -0.4 is 5.32 Å². The highest BCUT2D eigenvalue weighted by Crippen LogP contribution is 2.38. The number of anilines is 1. The molecule has 144 valence electrons. The van der Waals surface area contributed by atoms with E-state index in [2.05, 4.69) is 15.0 Å². The molecule has 0 aliphatic rings. The smallest absolute Gasteiger partial charge is 0.453 e. The van der Waals surface area contributed by atoms with Crippen molar-refractivity contribution in [1.82, 2.24) is 9.38 Å². The molecule has 0 unspecified atom stereocenters. The van der Waals surface area contributed by atoms with Crippen LogP contribution in [-0.4, -0.2) is 41.1 Å². The Labute approximate surface area is 149 Å². The molecular formula is C17H14F5N3O2. The number of carbonyl (C=O) groups excluding carboxylic acids is 1. The largest absolute Gasteiger partial charge is 0.465 e. The first-order chi connectivity index (χ1) is 12.6. The number of ether oxygens (including phenoxy) is 1. The Morgan fingerprint density at radius 1 is 1.19 bits per heavy atom. The Morgan fingerprint density at radius 2 is 1.93 bits per heavy atom. The van der Waals surface area contributed by atoms with Crippen molar-refractivity contribution < 1.29 is 31.5 Å². The first-order valence-electron chi connectivity index (χ1n) is 7.81. The van der Waals surface area contributed by atoms with Gasteiger partial charge in [-0.2, -0.15) is 22.0 Å². The van der Waals surface area contributed by atoms with Crippen LogP contribution >= 0.6 is 0 Å². The van der Waals surface area contributed by atoms with Crippen LogP contribution in [0.5, 0.6) is 0 Å². The van der Waals surface area contributed by atoms with Crippen molar-refractivity contribution in [2.45, 2.75) is 18.5 Å². The highest BCUT2D eigenvalue weighted by molar-refractivity contribution is 5.95. The van der Waals surface area contributed by atoms with Crippen LogP contribution in [0.15, 0.2) is 36.5 Å². The summed E-state index contributed by atoms with van der Waals surface area (Å²) in [6, 6.07) is 7.97. The molecule has 0 radical (unpaired) electrons. The summed E-state index contributed by atoms with van der Waals surface area (Å²) in [7, 11) is 1.23. The molecule has 2 aromatic heterocycles. The maximum Gasteiger partial charge on any atom is 0.453 e. The van der Waals surface area contributed by atoms with E-state index in [1.165, 1.54) is 13.2 Å². The highest BCUT2D eigenvalue weighted by Gasteiger charge is 2.56. The number of esters is 1. The third kappa shape index (κ3) is 3.51. The van der Waals surface area contributed by atoms with Crippen molar-refractivity contribution in [2.75, 3.05) is 19.0 Å². The van der Waals surface area contributed by atoms with Crippen LogP contribution in [0.3, 0.4) is 0 Å². The molecule has 0 bridgehead atoms. The lowest BCUT2D eigenvalue weighted by atomic mass is 10.2. The quantitative estimate of drug-likeness (QED) is 0.525. The Bertz CT molecular complexity index is 997. The number of hydrogen-bond acceptors (Lipinski definition) is 4. The minimum absolute atomic E-state index is 0.132. The van der Waals surface area contributed by atoms with E-state index in [-0.39, 0.29) is 11.4 Å². The summed E-state index contributed by atoms with van der Waals surface area (Å²) >= 11 is 0. The molecule has 27 heavy (non-hydrogen) atoms. The molecule has 1 aromatic carbocycles. The van der Waals surface area contributed by atoms with Gasteiger partial charge in [-0.1, -0.05) is 0 Å². The van der Waals surface area contributed by atoms with Gasteiger partial charge in [0.15, 0.2) is 5.82 Å². The summed E-state index contributed by atoms with van der Waals surface area (Å²) in [4.78, 5) is 15.9. The summed E-state index contributed by atoms with van der Waals surface area (Å²) in [6.07, 6.45) is -5.34. The number of methoxy groups -OCH3 is 1. The maximum atomic E-state index is 13.1. The fraction of sp³-hybridized carbons (Fsp3) is 0.294. The Morgan fingerprint density at radius 3 is 2.59 bits per heavy atom. The van der Waals surface area contributed by atoms with Gasteiger partial charge in [-0.3, -0.25) is 0 Å². The van der Waals surface area contributed by atoms with E-state index in [0.717, 1.165) is 0 Å². The topological polar surface area (TPSA) is 55.6 Å². The van der Waals surface area contributed by atoms with Crippen LogP contribution in [-0.2, 0) is 4.74 Å². The van der Waals surface area contributed by atoms with E-state index >= 15 is 0 Å². The molecule has 3 rings (SSSR count). The third-order valence-corrected chi connectivity index (χ3v) is 4.03. The lowest BCUT2D eigenvalue weighted by Crippen LogP contribution is -2.38. The Hall–Kier alpha value is -2.91. The second kappa shape index (κ2) is 6.67. The van der Waals surface area contributed by atoms with Crippen molar-refractivity contribution in [3.05, 3.63) is 42.1 Å².